The lowest BCUT2D eigenvalue weighted by Gasteiger charge is -2.38. The molecule has 2 heterocycles. The maximum absolute atomic E-state index is 12.5. The summed E-state index contributed by atoms with van der Waals surface area (Å²) in [5.41, 5.74) is 0.854. The van der Waals surface area contributed by atoms with E-state index in [2.05, 4.69) is 30.7 Å². The Kier molecular flexibility index (Phi) is 4.44. The summed E-state index contributed by atoms with van der Waals surface area (Å²) < 4.78 is 37.5. The number of piperidine rings is 1. The van der Waals surface area contributed by atoms with Crippen LogP contribution in [0.1, 0.15) is 44.3 Å². The minimum absolute atomic E-state index is 0.316. The van der Waals surface area contributed by atoms with E-state index in [-0.39, 0.29) is 0 Å². The molecule has 0 amide bonds. The molecule has 20 heavy (non-hydrogen) atoms. The molecule has 6 heteroatoms. The van der Waals surface area contributed by atoms with E-state index in [4.69, 9.17) is 0 Å². The molecule has 0 unspecified atom stereocenters. The number of nitrogens with zero attached hydrogens (tertiary/aromatic N) is 2. The first kappa shape index (κ1) is 15.8. The van der Waals surface area contributed by atoms with Crippen LogP contribution >= 0.6 is 11.3 Å². The van der Waals surface area contributed by atoms with Crippen LogP contribution in [0.2, 0.25) is 0 Å². The summed E-state index contributed by atoms with van der Waals surface area (Å²) in [7, 11) is 0. The molecule has 1 aromatic heterocycles. The number of thiazole rings is 1. The first-order valence-electron chi connectivity index (χ1n) is 6.90. The van der Waals surface area contributed by atoms with Gasteiger partial charge in [0.2, 0.25) is 0 Å². The van der Waals surface area contributed by atoms with Crippen LogP contribution in [0.25, 0.3) is 0 Å². The number of likely N-dealkylation sites (tertiary alicyclic amines) is 1. The van der Waals surface area contributed by atoms with Crippen molar-refractivity contribution < 1.29 is 13.2 Å². The molecule has 0 aromatic carbocycles. The molecular weight excluding hydrogens is 285 g/mol. The summed E-state index contributed by atoms with van der Waals surface area (Å²) in [6, 6.07) is 0. The van der Waals surface area contributed by atoms with Crippen molar-refractivity contribution in [2.45, 2.75) is 46.3 Å². The summed E-state index contributed by atoms with van der Waals surface area (Å²) in [6.07, 6.45) is -2.10. The minimum Gasteiger partial charge on any atom is -0.297 e. The van der Waals surface area contributed by atoms with Crippen molar-refractivity contribution >= 4 is 11.3 Å². The van der Waals surface area contributed by atoms with Crippen LogP contribution in [-0.2, 0) is 12.7 Å². The highest BCUT2D eigenvalue weighted by atomic mass is 32.1. The second-order valence-corrected chi connectivity index (χ2v) is 7.42. The monoisotopic (exact) mass is 306 g/mol. The largest absolute Gasteiger partial charge is 0.443 e. The number of alkyl halides is 3. The molecule has 0 aliphatic carbocycles. The molecule has 1 aliphatic heterocycles. The van der Waals surface area contributed by atoms with Crippen molar-refractivity contribution in [3.63, 3.8) is 0 Å². The fourth-order valence-electron chi connectivity index (χ4n) is 2.70. The summed E-state index contributed by atoms with van der Waals surface area (Å²) >= 11 is 0.687. The molecule has 2 nitrogen and oxygen atoms in total. The van der Waals surface area contributed by atoms with Crippen LogP contribution in [0.3, 0.4) is 0 Å². The predicted molar refractivity (Wildman–Crippen MR) is 74.6 cm³/mol. The van der Waals surface area contributed by atoms with Gasteiger partial charge < -0.3 is 0 Å². The number of hydrogen-bond donors (Lipinski definition) is 0. The number of rotatable bonds is 2. The van der Waals surface area contributed by atoms with Crippen LogP contribution < -0.4 is 0 Å². The Bertz CT molecular complexity index is 440. The lowest BCUT2D eigenvalue weighted by atomic mass is 9.75. The molecule has 1 aromatic rings. The quantitative estimate of drug-likeness (QED) is 0.804. The van der Waals surface area contributed by atoms with Crippen LogP contribution in [0.5, 0.6) is 0 Å². The van der Waals surface area contributed by atoms with Crippen LogP contribution in [0.4, 0.5) is 13.2 Å². The first-order chi connectivity index (χ1) is 9.16. The van der Waals surface area contributed by atoms with E-state index in [1.54, 1.807) is 0 Å². The average Bonchev–Trinajstić information content (AvgIpc) is 2.77. The number of hydrogen-bond acceptors (Lipinski definition) is 3. The van der Waals surface area contributed by atoms with Crippen molar-refractivity contribution in [3.05, 3.63) is 16.1 Å². The zero-order valence-corrected chi connectivity index (χ0v) is 12.9. The van der Waals surface area contributed by atoms with E-state index < -0.39 is 11.2 Å². The zero-order chi connectivity index (χ0) is 15.0. The molecule has 1 fully saturated rings. The van der Waals surface area contributed by atoms with Gasteiger partial charge in [0, 0.05) is 11.9 Å². The number of halogens is 3. The highest BCUT2D eigenvalue weighted by Gasteiger charge is 2.35. The van der Waals surface area contributed by atoms with Crippen molar-refractivity contribution in [2.24, 2.45) is 11.3 Å². The van der Waals surface area contributed by atoms with Gasteiger partial charge in [0.25, 0.3) is 0 Å². The van der Waals surface area contributed by atoms with Gasteiger partial charge in [0.15, 0.2) is 5.01 Å². The minimum atomic E-state index is -4.32. The van der Waals surface area contributed by atoms with Crippen LogP contribution in [0, 0.1) is 11.3 Å². The third kappa shape index (κ3) is 3.95. The van der Waals surface area contributed by atoms with Gasteiger partial charge in [-0.05, 0) is 37.3 Å². The topological polar surface area (TPSA) is 16.1 Å². The summed E-state index contributed by atoms with van der Waals surface area (Å²) in [5, 5.41) is 0.788. The Labute approximate surface area is 122 Å². The molecule has 114 valence electrons. The smallest absolute Gasteiger partial charge is 0.297 e. The van der Waals surface area contributed by atoms with Gasteiger partial charge in [0.05, 0.1) is 5.69 Å². The average molecular weight is 306 g/mol. The van der Waals surface area contributed by atoms with E-state index >= 15 is 0 Å². The van der Waals surface area contributed by atoms with Gasteiger partial charge in [-0.1, -0.05) is 20.8 Å². The second kappa shape index (κ2) is 5.64. The van der Waals surface area contributed by atoms with Crippen LogP contribution in [0.15, 0.2) is 5.38 Å². The lowest BCUT2D eigenvalue weighted by Crippen LogP contribution is -2.37. The van der Waals surface area contributed by atoms with Gasteiger partial charge in [0.1, 0.15) is 0 Å². The SMILES string of the molecule is CC(C)(C)C1CCN(Cc2csc(C(F)(F)F)n2)CC1. The lowest BCUT2D eigenvalue weighted by molar-refractivity contribution is -0.137. The highest BCUT2D eigenvalue weighted by Crippen LogP contribution is 2.35. The van der Waals surface area contributed by atoms with E-state index in [0.717, 1.165) is 25.9 Å². The summed E-state index contributed by atoms with van der Waals surface area (Å²) in [4.78, 5) is 5.90. The van der Waals surface area contributed by atoms with Gasteiger partial charge in [-0.15, -0.1) is 11.3 Å². The Morgan fingerprint density at radius 2 is 1.85 bits per heavy atom. The fourth-order valence-corrected chi connectivity index (χ4v) is 3.37. The van der Waals surface area contributed by atoms with Gasteiger partial charge in [-0.2, -0.15) is 13.2 Å². The van der Waals surface area contributed by atoms with E-state index in [9.17, 15) is 13.2 Å². The first-order valence-corrected chi connectivity index (χ1v) is 7.78. The van der Waals surface area contributed by atoms with E-state index in [1.165, 1.54) is 5.38 Å². The third-order valence-electron chi connectivity index (χ3n) is 3.99. The molecule has 0 N–H and O–H groups in total. The summed E-state index contributed by atoms with van der Waals surface area (Å²) in [5.74, 6) is 0.694. The van der Waals surface area contributed by atoms with Gasteiger partial charge in [-0.3, -0.25) is 4.90 Å². The maximum Gasteiger partial charge on any atom is 0.443 e. The summed E-state index contributed by atoms with van der Waals surface area (Å²) in [6.45, 7) is 9.18. The third-order valence-corrected chi connectivity index (χ3v) is 4.93. The highest BCUT2D eigenvalue weighted by molar-refractivity contribution is 7.09. The molecule has 1 aliphatic rings. The Balaban J connectivity index is 1.88. The maximum atomic E-state index is 12.5. The molecule has 0 radical (unpaired) electrons. The standard InChI is InChI=1S/C14H21F3N2S/c1-13(2,3)10-4-6-19(7-5-10)8-11-9-20-12(18-11)14(15,16)17/h9-10H,4-8H2,1-3H3. The molecular formula is C14H21F3N2S. The van der Waals surface area contributed by atoms with E-state index in [0.29, 0.717) is 34.9 Å². The van der Waals surface area contributed by atoms with Crippen LogP contribution in [-0.4, -0.2) is 23.0 Å². The van der Waals surface area contributed by atoms with Crippen molar-refractivity contribution in [2.75, 3.05) is 13.1 Å². The normalized spacial score (nSPS) is 19.5. The molecule has 2 rings (SSSR count). The van der Waals surface area contributed by atoms with Crippen molar-refractivity contribution in [1.29, 1.82) is 0 Å². The van der Waals surface area contributed by atoms with Gasteiger partial charge in [-0.25, -0.2) is 4.98 Å². The Hall–Kier alpha value is -0.620. The molecule has 0 saturated carbocycles. The van der Waals surface area contributed by atoms with Gasteiger partial charge >= 0.3 is 6.18 Å². The molecule has 0 bridgehead atoms. The van der Waals surface area contributed by atoms with Crippen molar-refractivity contribution in [3.8, 4) is 0 Å². The zero-order valence-electron chi connectivity index (χ0n) is 12.1. The van der Waals surface area contributed by atoms with E-state index in [1.807, 2.05) is 0 Å². The fraction of sp³-hybridized carbons (Fsp3) is 0.786. The Morgan fingerprint density at radius 3 is 2.30 bits per heavy atom. The second-order valence-electron chi connectivity index (χ2n) is 6.56. The molecule has 0 spiro atoms. The van der Waals surface area contributed by atoms with Crippen molar-refractivity contribution in [1.82, 2.24) is 9.88 Å². The molecule has 1 saturated heterocycles. The predicted octanol–water partition coefficient (Wildman–Crippen LogP) is 4.42. The number of aromatic nitrogens is 1. The Morgan fingerprint density at radius 1 is 1.25 bits per heavy atom. The molecule has 0 atom stereocenters.